The molecule has 0 atom stereocenters. The second-order valence-electron chi connectivity index (χ2n) is 4.03. The summed E-state index contributed by atoms with van der Waals surface area (Å²) in [6.45, 7) is 0. The molecule has 0 aromatic heterocycles. The van der Waals surface area contributed by atoms with Gasteiger partial charge in [-0.3, -0.25) is 4.72 Å². The average Bonchev–Trinajstić information content (AvgIpc) is 2.43. The third kappa shape index (κ3) is 3.50. The summed E-state index contributed by atoms with van der Waals surface area (Å²) in [6.07, 6.45) is 0. The summed E-state index contributed by atoms with van der Waals surface area (Å²) in [5.41, 5.74) is -0.00752. The Morgan fingerprint density at radius 2 is 1.90 bits per heavy atom. The molecular formula is C13H11Br2NO4S. The Morgan fingerprint density at radius 1 is 1.19 bits per heavy atom. The van der Waals surface area contributed by atoms with E-state index in [0.29, 0.717) is 8.95 Å². The highest BCUT2D eigenvalue weighted by Gasteiger charge is 2.21. The number of methoxy groups -OCH3 is 1. The molecule has 5 nitrogen and oxygen atoms in total. The number of sulfonamides is 1. The summed E-state index contributed by atoms with van der Waals surface area (Å²) in [7, 11) is -2.50. The van der Waals surface area contributed by atoms with E-state index in [1.807, 2.05) is 0 Å². The number of phenols is 1. The van der Waals surface area contributed by atoms with E-state index in [0.717, 1.165) is 0 Å². The highest BCUT2D eigenvalue weighted by Crippen LogP contribution is 2.36. The maximum atomic E-state index is 12.5. The Labute approximate surface area is 139 Å². The van der Waals surface area contributed by atoms with Gasteiger partial charge >= 0.3 is 0 Å². The second-order valence-corrected chi connectivity index (χ2v) is 7.46. The number of para-hydroxylation sites is 1. The fourth-order valence-corrected chi connectivity index (χ4v) is 4.25. The lowest BCUT2D eigenvalue weighted by Gasteiger charge is -2.14. The number of ether oxygens (including phenoxy) is 1. The van der Waals surface area contributed by atoms with E-state index in [9.17, 15) is 13.5 Å². The van der Waals surface area contributed by atoms with Crippen molar-refractivity contribution >= 4 is 47.6 Å². The molecule has 21 heavy (non-hydrogen) atoms. The van der Waals surface area contributed by atoms with Crippen molar-refractivity contribution in [3.05, 3.63) is 45.3 Å². The minimum atomic E-state index is -3.89. The van der Waals surface area contributed by atoms with Gasteiger partial charge in [-0.2, -0.15) is 0 Å². The average molecular weight is 437 g/mol. The van der Waals surface area contributed by atoms with Crippen LogP contribution in [0.1, 0.15) is 0 Å². The normalized spacial score (nSPS) is 11.2. The molecule has 2 aromatic carbocycles. The number of hydrogen-bond donors (Lipinski definition) is 2. The molecule has 0 saturated carbocycles. The van der Waals surface area contributed by atoms with Crippen LogP contribution in [0.4, 0.5) is 5.69 Å². The molecule has 0 aliphatic heterocycles. The van der Waals surface area contributed by atoms with Crippen LogP contribution in [0.3, 0.4) is 0 Å². The highest BCUT2D eigenvalue weighted by molar-refractivity contribution is 9.11. The predicted octanol–water partition coefficient (Wildman–Crippen LogP) is 3.73. The predicted molar refractivity (Wildman–Crippen MR) is 87.3 cm³/mol. The quantitative estimate of drug-likeness (QED) is 0.716. The van der Waals surface area contributed by atoms with Crippen LogP contribution in [0.2, 0.25) is 0 Å². The topological polar surface area (TPSA) is 75.6 Å². The molecule has 112 valence electrons. The van der Waals surface area contributed by atoms with Crippen LogP contribution in [0.25, 0.3) is 0 Å². The van der Waals surface area contributed by atoms with E-state index < -0.39 is 10.0 Å². The SMILES string of the molecule is COc1cccc(O)c1NS(=O)(=O)c1cc(Br)ccc1Br. The van der Waals surface area contributed by atoms with Crippen LogP contribution in [-0.4, -0.2) is 20.6 Å². The summed E-state index contributed by atoms with van der Waals surface area (Å²) in [5.74, 6) is 0.00809. The minimum Gasteiger partial charge on any atom is -0.506 e. The molecule has 0 saturated heterocycles. The molecule has 2 rings (SSSR count). The monoisotopic (exact) mass is 435 g/mol. The zero-order chi connectivity index (χ0) is 15.6. The van der Waals surface area contributed by atoms with Crippen LogP contribution in [0.5, 0.6) is 11.5 Å². The van der Waals surface area contributed by atoms with Gasteiger partial charge in [-0.25, -0.2) is 8.42 Å². The van der Waals surface area contributed by atoms with E-state index in [4.69, 9.17) is 4.74 Å². The molecule has 0 bridgehead atoms. The first kappa shape index (κ1) is 16.1. The van der Waals surface area contributed by atoms with Gasteiger partial charge in [0, 0.05) is 8.95 Å². The second kappa shape index (κ2) is 6.25. The Bertz CT molecular complexity index is 778. The van der Waals surface area contributed by atoms with Crippen molar-refractivity contribution < 1.29 is 18.3 Å². The maximum Gasteiger partial charge on any atom is 0.263 e. The smallest absolute Gasteiger partial charge is 0.263 e. The summed E-state index contributed by atoms with van der Waals surface area (Å²) in [5, 5.41) is 9.83. The minimum absolute atomic E-state index is 0.00752. The number of halogens is 2. The van der Waals surface area contributed by atoms with Gasteiger partial charge < -0.3 is 9.84 Å². The lowest BCUT2D eigenvalue weighted by Crippen LogP contribution is -2.14. The third-order valence-corrected chi connectivity index (χ3v) is 5.48. The summed E-state index contributed by atoms with van der Waals surface area (Å²) < 4.78 is 33.4. The van der Waals surface area contributed by atoms with Gasteiger partial charge in [0.1, 0.15) is 22.1 Å². The Balaban J connectivity index is 2.50. The van der Waals surface area contributed by atoms with Crippen molar-refractivity contribution in [3.63, 3.8) is 0 Å². The van der Waals surface area contributed by atoms with Gasteiger partial charge in [0.2, 0.25) is 0 Å². The van der Waals surface area contributed by atoms with Crippen molar-refractivity contribution in [2.45, 2.75) is 4.90 Å². The van der Waals surface area contributed by atoms with Gasteiger partial charge in [0.15, 0.2) is 0 Å². The number of benzene rings is 2. The maximum absolute atomic E-state index is 12.5. The molecule has 0 aliphatic carbocycles. The van der Waals surface area contributed by atoms with E-state index in [1.165, 1.54) is 19.2 Å². The molecule has 2 N–H and O–H groups in total. The Kier molecular flexibility index (Phi) is 4.80. The van der Waals surface area contributed by atoms with Gasteiger partial charge in [0.25, 0.3) is 10.0 Å². The van der Waals surface area contributed by atoms with Crippen LogP contribution < -0.4 is 9.46 Å². The fourth-order valence-electron chi connectivity index (χ4n) is 1.66. The third-order valence-electron chi connectivity index (χ3n) is 2.64. The molecule has 2 aromatic rings. The molecule has 0 spiro atoms. The highest BCUT2D eigenvalue weighted by atomic mass is 79.9. The van der Waals surface area contributed by atoms with Crippen molar-refractivity contribution in [2.75, 3.05) is 11.8 Å². The summed E-state index contributed by atoms with van der Waals surface area (Å²) >= 11 is 6.43. The number of nitrogens with one attached hydrogen (secondary N) is 1. The Hall–Kier alpha value is -1.25. The molecule has 0 heterocycles. The van der Waals surface area contributed by atoms with Crippen molar-refractivity contribution in [3.8, 4) is 11.5 Å². The van der Waals surface area contributed by atoms with Gasteiger partial charge in [0.05, 0.1) is 7.11 Å². The molecule has 0 unspecified atom stereocenters. The van der Waals surface area contributed by atoms with E-state index in [1.54, 1.807) is 24.3 Å². The lowest BCUT2D eigenvalue weighted by molar-refractivity contribution is 0.411. The summed E-state index contributed by atoms with van der Waals surface area (Å²) in [4.78, 5) is 0.0437. The Morgan fingerprint density at radius 3 is 2.57 bits per heavy atom. The molecule has 0 aliphatic rings. The number of phenolic OH excluding ortho intramolecular Hbond substituents is 1. The first-order valence-electron chi connectivity index (χ1n) is 5.69. The van der Waals surface area contributed by atoms with E-state index in [2.05, 4.69) is 36.6 Å². The number of aromatic hydroxyl groups is 1. The van der Waals surface area contributed by atoms with E-state index >= 15 is 0 Å². The molecule has 0 fully saturated rings. The zero-order valence-corrected chi connectivity index (χ0v) is 14.8. The summed E-state index contributed by atoms with van der Waals surface area (Å²) in [6, 6.07) is 9.26. The fraction of sp³-hybridized carbons (Fsp3) is 0.0769. The number of hydrogen-bond acceptors (Lipinski definition) is 4. The first-order chi connectivity index (χ1) is 9.85. The molecule has 0 amide bonds. The molecular weight excluding hydrogens is 426 g/mol. The first-order valence-corrected chi connectivity index (χ1v) is 8.76. The molecule has 8 heteroatoms. The van der Waals surface area contributed by atoms with Crippen molar-refractivity contribution in [1.82, 2.24) is 0 Å². The number of rotatable bonds is 4. The molecule has 0 radical (unpaired) electrons. The van der Waals surface area contributed by atoms with Crippen LogP contribution in [-0.2, 0) is 10.0 Å². The zero-order valence-electron chi connectivity index (χ0n) is 10.8. The standard InChI is InChI=1S/C13H11Br2NO4S/c1-20-11-4-2-3-10(17)13(11)16-21(18,19)12-7-8(14)5-6-9(12)15/h2-7,16-17H,1H3. The van der Waals surface area contributed by atoms with Gasteiger partial charge in [-0.05, 0) is 46.3 Å². The van der Waals surface area contributed by atoms with Crippen molar-refractivity contribution in [1.29, 1.82) is 0 Å². The lowest BCUT2D eigenvalue weighted by atomic mass is 10.3. The van der Waals surface area contributed by atoms with Crippen LogP contribution in [0, 0.1) is 0 Å². The van der Waals surface area contributed by atoms with E-state index in [-0.39, 0.29) is 22.1 Å². The van der Waals surface area contributed by atoms with Gasteiger partial charge in [-0.15, -0.1) is 0 Å². The van der Waals surface area contributed by atoms with Crippen molar-refractivity contribution in [2.24, 2.45) is 0 Å². The van der Waals surface area contributed by atoms with Gasteiger partial charge in [-0.1, -0.05) is 22.0 Å². The number of anilines is 1. The van der Waals surface area contributed by atoms with Crippen LogP contribution >= 0.6 is 31.9 Å². The largest absolute Gasteiger partial charge is 0.506 e. The van der Waals surface area contributed by atoms with Crippen LogP contribution in [0.15, 0.2) is 50.2 Å².